The number of hydrogen-bond donors (Lipinski definition) is 1. The van der Waals surface area contributed by atoms with Crippen molar-refractivity contribution in [3.63, 3.8) is 0 Å². The van der Waals surface area contributed by atoms with Crippen molar-refractivity contribution in [3.8, 4) is 0 Å². The van der Waals surface area contributed by atoms with E-state index >= 15 is 0 Å². The molecule has 2 aromatic carbocycles. The standard InChI is InChI=1S/C20H21N3OS/c24-20(21-12-5-15-25-19-6-2-1-3-7-19)18-10-8-17(9-11-18)16-23-14-4-13-22-23/h1-4,6-11,13-14H,5,12,15-16H2,(H,21,24). The molecule has 0 radical (unpaired) electrons. The van der Waals surface area contributed by atoms with Crippen molar-refractivity contribution in [3.05, 3.63) is 84.2 Å². The van der Waals surface area contributed by atoms with Gasteiger partial charge in [0.25, 0.3) is 5.91 Å². The molecular weight excluding hydrogens is 330 g/mol. The van der Waals surface area contributed by atoms with Gasteiger partial charge in [-0.15, -0.1) is 11.8 Å². The van der Waals surface area contributed by atoms with Crippen LogP contribution in [0.3, 0.4) is 0 Å². The fourth-order valence-electron chi connectivity index (χ4n) is 2.43. The summed E-state index contributed by atoms with van der Waals surface area (Å²) in [6, 6.07) is 19.9. The summed E-state index contributed by atoms with van der Waals surface area (Å²) >= 11 is 1.81. The van der Waals surface area contributed by atoms with Crippen LogP contribution in [0, 0.1) is 0 Å². The Morgan fingerprint density at radius 2 is 1.84 bits per heavy atom. The van der Waals surface area contributed by atoms with Crippen molar-refractivity contribution in [2.75, 3.05) is 12.3 Å². The highest BCUT2D eigenvalue weighted by Crippen LogP contribution is 2.17. The van der Waals surface area contributed by atoms with Crippen LogP contribution < -0.4 is 5.32 Å². The maximum atomic E-state index is 12.2. The van der Waals surface area contributed by atoms with E-state index in [1.165, 1.54) is 4.90 Å². The quantitative estimate of drug-likeness (QED) is 0.495. The molecule has 1 heterocycles. The van der Waals surface area contributed by atoms with E-state index in [0.717, 1.165) is 17.7 Å². The molecule has 0 saturated heterocycles. The predicted octanol–water partition coefficient (Wildman–Crippen LogP) is 3.84. The van der Waals surface area contributed by atoms with Gasteiger partial charge in [0.05, 0.1) is 6.54 Å². The number of carbonyl (C=O) groups excluding carboxylic acids is 1. The van der Waals surface area contributed by atoms with Crippen LogP contribution >= 0.6 is 11.8 Å². The smallest absolute Gasteiger partial charge is 0.251 e. The molecule has 0 saturated carbocycles. The monoisotopic (exact) mass is 351 g/mol. The second-order valence-electron chi connectivity index (χ2n) is 5.67. The first-order chi connectivity index (χ1) is 12.3. The Labute approximate surface area is 152 Å². The SMILES string of the molecule is O=C(NCCCSc1ccccc1)c1ccc(Cn2cccn2)cc1. The van der Waals surface area contributed by atoms with Gasteiger partial charge in [-0.1, -0.05) is 30.3 Å². The maximum Gasteiger partial charge on any atom is 0.251 e. The zero-order valence-corrected chi connectivity index (χ0v) is 14.8. The van der Waals surface area contributed by atoms with Crippen LogP contribution in [0.1, 0.15) is 22.3 Å². The number of aromatic nitrogens is 2. The maximum absolute atomic E-state index is 12.2. The Balaban J connectivity index is 1.39. The first-order valence-corrected chi connectivity index (χ1v) is 9.32. The fourth-order valence-corrected chi connectivity index (χ4v) is 3.30. The molecule has 1 N–H and O–H groups in total. The first kappa shape index (κ1) is 17.3. The zero-order valence-electron chi connectivity index (χ0n) is 14.0. The van der Waals surface area contributed by atoms with Crippen LogP contribution in [0.4, 0.5) is 0 Å². The molecule has 0 fully saturated rings. The molecule has 0 aliphatic rings. The molecule has 0 aliphatic heterocycles. The topological polar surface area (TPSA) is 46.9 Å². The van der Waals surface area contributed by atoms with Crippen LogP contribution in [-0.2, 0) is 6.54 Å². The number of nitrogens with one attached hydrogen (secondary N) is 1. The number of benzene rings is 2. The molecule has 0 bridgehead atoms. The van der Waals surface area contributed by atoms with E-state index in [0.29, 0.717) is 18.7 Å². The van der Waals surface area contributed by atoms with Crippen molar-refractivity contribution >= 4 is 17.7 Å². The number of hydrogen-bond acceptors (Lipinski definition) is 3. The molecule has 0 atom stereocenters. The van der Waals surface area contributed by atoms with Gasteiger partial charge in [-0.25, -0.2) is 0 Å². The van der Waals surface area contributed by atoms with Crippen molar-refractivity contribution in [1.82, 2.24) is 15.1 Å². The lowest BCUT2D eigenvalue weighted by Crippen LogP contribution is -2.24. The van der Waals surface area contributed by atoms with Gasteiger partial charge >= 0.3 is 0 Å². The summed E-state index contributed by atoms with van der Waals surface area (Å²) in [6.07, 6.45) is 4.63. The molecule has 0 spiro atoms. The molecule has 1 amide bonds. The van der Waals surface area contributed by atoms with Crippen molar-refractivity contribution < 1.29 is 4.79 Å². The molecule has 5 heteroatoms. The Morgan fingerprint density at radius 3 is 2.56 bits per heavy atom. The highest BCUT2D eigenvalue weighted by Gasteiger charge is 2.05. The minimum absolute atomic E-state index is 0.0182. The van der Waals surface area contributed by atoms with E-state index in [-0.39, 0.29) is 5.91 Å². The van der Waals surface area contributed by atoms with Crippen LogP contribution in [-0.4, -0.2) is 28.0 Å². The van der Waals surface area contributed by atoms with Gasteiger partial charge in [0.15, 0.2) is 0 Å². The number of amides is 1. The summed E-state index contributed by atoms with van der Waals surface area (Å²) in [5.74, 6) is 0.975. The Bertz CT molecular complexity index is 770. The van der Waals surface area contributed by atoms with Gasteiger partial charge in [0.2, 0.25) is 0 Å². The first-order valence-electron chi connectivity index (χ1n) is 8.34. The van der Waals surface area contributed by atoms with Crippen LogP contribution in [0.2, 0.25) is 0 Å². The molecule has 3 rings (SSSR count). The van der Waals surface area contributed by atoms with Gasteiger partial charge < -0.3 is 5.32 Å². The number of thioether (sulfide) groups is 1. The van der Waals surface area contributed by atoms with Crippen LogP contribution in [0.15, 0.2) is 78.0 Å². The molecule has 128 valence electrons. The minimum atomic E-state index is -0.0182. The molecule has 4 nitrogen and oxygen atoms in total. The van der Waals surface area contributed by atoms with Gasteiger partial charge in [-0.05, 0) is 48.1 Å². The molecule has 3 aromatic rings. The lowest BCUT2D eigenvalue weighted by atomic mass is 10.1. The van der Waals surface area contributed by atoms with Crippen molar-refractivity contribution in [1.29, 1.82) is 0 Å². The summed E-state index contributed by atoms with van der Waals surface area (Å²) in [5, 5.41) is 7.16. The van der Waals surface area contributed by atoms with E-state index in [2.05, 4.69) is 22.5 Å². The third kappa shape index (κ3) is 5.50. The lowest BCUT2D eigenvalue weighted by Gasteiger charge is -2.07. The summed E-state index contributed by atoms with van der Waals surface area (Å²) in [6.45, 7) is 1.40. The highest BCUT2D eigenvalue weighted by atomic mass is 32.2. The average Bonchev–Trinajstić information content (AvgIpc) is 3.16. The third-order valence-electron chi connectivity index (χ3n) is 3.74. The minimum Gasteiger partial charge on any atom is -0.352 e. The van der Waals surface area contributed by atoms with E-state index in [9.17, 15) is 4.79 Å². The molecule has 25 heavy (non-hydrogen) atoms. The number of carbonyl (C=O) groups is 1. The van der Waals surface area contributed by atoms with Crippen molar-refractivity contribution in [2.24, 2.45) is 0 Å². The Hall–Kier alpha value is -2.53. The second kappa shape index (κ2) is 9.08. The summed E-state index contributed by atoms with van der Waals surface area (Å²) in [7, 11) is 0. The summed E-state index contributed by atoms with van der Waals surface area (Å²) in [5.41, 5.74) is 1.82. The Kier molecular flexibility index (Phi) is 6.29. The van der Waals surface area contributed by atoms with Gasteiger partial charge in [-0.3, -0.25) is 9.48 Å². The second-order valence-corrected chi connectivity index (χ2v) is 6.84. The Morgan fingerprint density at radius 1 is 1.04 bits per heavy atom. The largest absolute Gasteiger partial charge is 0.352 e. The van der Waals surface area contributed by atoms with E-state index in [1.807, 2.05) is 71.2 Å². The molecular formula is C20H21N3OS. The summed E-state index contributed by atoms with van der Waals surface area (Å²) < 4.78 is 1.86. The van der Waals surface area contributed by atoms with Gasteiger partial charge in [0.1, 0.15) is 0 Å². The van der Waals surface area contributed by atoms with Crippen molar-refractivity contribution in [2.45, 2.75) is 17.9 Å². The van der Waals surface area contributed by atoms with E-state index in [1.54, 1.807) is 6.20 Å². The molecule has 0 aliphatic carbocycles. The fraction of sp³-hybridized carbons (Fsp3) is 0.200. The summed E-state index contributed by atoms with van der Waals surface area (Å²) in [4.78, 5) is 13.4. The average molecular weight is 351 g/mol. The normalized spacial score (nSPS) is 10.6. The molecule has 0 unspecified atom stereocenters. The molecule has 1 aromatic heterocycles. The van der Waals surface area contributed by atoms with Gasteiger partial charge in [0, 0.05) is 29.4 Å². The third-order valence-corrected chi connectivity index (χ3v) is 4.84. The zero-order chi connectivity index (χ0) is 17.3. The van der Waals surface area contributed by atoms with E-state index < -0.39 is 0 Å². The number of rotatable bonds is 8. The van der Waals surface area contributed by atoms with E-state index in [4.69, 9.17) is 0 Å². The van der Waals surface area contributed by atoms with Crippen LogP contribution in [0.25, 0.3) is 0 Å². The number of nitrogens with zero attached hydrogens (tertiary/aromatic N) is 2. The lowest BCUT2D eigenvalue weighted by molar-refractivity contribution is 0.0954. The predicted molar refractivity (Wildman–Crippen MR) is 102 cm³/mol. The van der Waals surface area contributed by atoms with Crippen LogP contribution in [0.5, 0.6) is 0 Å². The van der Waals surface area contributed by atoms with Gasteiger partial charge in [-0.2, -0.15) is 5.10 Å². The highest BCUT2D eigenvalue weighted by molar-refractivity contribution is 7.99.